The van der Waals surface area contributed by atoms with Crippen LogP contribution in [0, 0.1) is 5.41 Å². The van der Waals surface area contributed by atoms with Crippen LogP contribution >= 0.6 is 23.4 Å². The predicted molar refractivity (Wildman–Crippen MR) is 159 cm³/mol. The van der Waals surface area contributed by atoms with Crippen molar-refractivity contribution >= 4 is 40.1 Å². The summed E-state index contributed by atoms with van der Waals surface area (Å²) in [7, 11) is 0. The van der Waals surface area contributed by atoms with Gasteiger partial charge >= 0.3 is 0 Å². The molecule has 1 atom stereocenters. The quantitative estimate of drug-likeness (QED) is 0.315. The van der Waals surface area contributed by atoms with Gasteiger partial charge in [0.2, 0.25) is 0 Å². The second kappa shape index (κ2) is 10.5. The summed E-state index contributed by atoms with van der Waals surface area (Å²) < 4.78 is 1.55. The van der Waals surface area contributed by atoms with E-state index in [0.29, 0.717) is 27.5 Å². The minimum Gasteiger partial charge on any atom is -0.355 e. The Labute approximate surface area is 245 Å². The fraction of sp³-hybridized carbons (Fsp3) is 0.267. The summed E-state index contributed by atoms with van der Waals surface area (Å²) in [6, 6.07) is 11.6. The third-order valence-electron chi connectivity index (χ3n) is 8.32. The molecule has 41 heavy (non-hydrogen) atoms. The zero-order valence-corrected chi connectivity index (χ0v) is 23.7. The van der Waals surface area contributed by atoms with Gasteiger partial charge in [0.15, 0.2) is 0 Å². The zero-order valence-electron chi connectivity index (χ0n) is 22.2. The van der Waals surface area contributed by atoms with Gasteiger partial charge in [0, 0.05) is 48.3 Å². The van der Waals surface area contributed by atoms with Crippen LogP contribution in [-0.4, -0.2) is 42.6 Å². The van der Waals surface area contributed by atoms with E-state index in [-0.39, 0.29) is 17.0 Å². The molecule has 0 saturated carbocycles. The van der Waals surface area contributed by atoms with Crippen LogP contribution in [0.3, 0.4) is 0 Å². The fourth-order valence-corrected chi connectivity index (χ4v) is 7.15. The molecular formula is C30H27ClN8OS. The van der Waals surface area contributed by atoms with E-state index >= 15 is 0 Å². The maximum atomic E-state index is 13.3. The molecule has 0 amide bonds. The first-order valence-corrected chi connectivity index (χ1v) is 14.7. The van der Waals surface area contributed by atoms with Crippen molar-refractivity contribution in [3.05, 3.63) is 106 Å². The van der Waals surface area contributed by atoms with Crippen molar-refractivity contribution in [2.24, 2.45) is 11.1 Å². The van der Waals surface area contributed by atoms with Gasteiger partial charge in [0.05, 0.1) is 41.2 Å². The first-order chi connectivity index (χ1) is 20.0. The Balaban J connectivity index is 1.06. The second-order valence-electron chi connectivity index (χ2n) is 10.7. The zero-order chi connectivity index (χ0) is 28.0. The van der Waals surface area contributed by atoms with Crippen molar-refractivity contribution < 1.29 is 0 Å². The van der Waals surface area contributed by atoms with Crippen LogP contribution in [0.1, 0.15) is 35.7 Å². The minimum absolute atomic E-state index is 0.0274. The standard InChI is InChI=1S/C30H27ClN8OS/c31-27-23(6-5-21-26(27)29(40)39(18-37-21)17-19-3-1-9-33-14-19)41-25-16-35-24(15-36-25)38-11-7-30(8-12-38)13-22-20(28(30)32)4-2-10-34-22/h1-6,9-10,14-16,18,28H,7-8,11-13,17,32H2/t28-/m0/s1. The third kappa shape index (κ3) is 4.75. The normalized spacial score (nSPS) is 17.7. The lowest BCUT2D eigenvalue weighted by molar-refractivity contribution is 0.186. The Morgan fingerprint density at radius 1 is 1.00 bits per heavy atom. The van der Waals surface area contributed by atoms with Crippen LogP contribution in [0.25, 0.3) is 10.9 Å². The maximum Gasteiger partial charge on any atom is 0.263 e. The molecule has 2 N–H and O–H groups in total. The average Bonchev–Trinajstić information content (AvgIpc) is 3.28. The molecule has 0 bridgehead atoms. The highest BCUT2D eigenvalue weighted by molar-refractivity contribution is 7.99. The summed E-state index contributed by atoms with van der Waals surface area (Å²) in [4.78, 5) is 38.9. The summed E-state index contributed by atoms with van der Waals surface area (Å²) in [5.41, 5.74) is 10.4. The van der Waals surface area contributed by atoms with Gasteiger partial charge in [-0.15, -0.1) is 0 Å². The number of aromatic nitrogens is 6. The lowest BCUT2D eigenvalue weighted by Crippen LogP contribution is -2.44. The van der Waals surface area contributed by atoms with Gasteiger partial charge < -0.3 is 10.6 Å². The number of benzene rings is 1. The molecule has 11 heteroatoms. The van der Waals surface area contributed by atoms with E-state index in [1.165, 1.54) is 17.3 Å². The molecule has 7 rings (SSSR count). The molecule has 1 aliphatic heterocycles. The molecule has 1 aliphatic carbocycles. The lowest BCUT2D eigenvalue weighted by Gasteiger charge is -2.42. The van der Waals surface area contributed by atoms with Gasteiger partial charge in [-0.3, -0.25) is 19.3 Å². The highest BCUT2D eigenvalue weighted by Gasteiger charge is 2.46. The van der Waals surface area contributed by atoms with E-state index in [9.17, 15) is 4.79 Å². The van der Waals surface area contributed by atoms with Crippen molar-refractivity contribution in [3.8, 4) is 0 Å². The summed E-state index contributed by atoms with van der Waals surface area (Å²) in [5.74, 6) is 0.846. The molecule has 1 fully saturated rings. The van der Waals surface area contributed by atoms with Crippen molar-refractivity contribution in [2.45, 2.75) is 41.8 Å². The number of fused-ring (bicyclic) bond motifs is 2. The monoisotopic (exact) mass is 582 g/mol. The van der Waals surface area contributed by atoms with Crippen LogP contribution in [0.5, 0.6) is 0 Å². The molecule has 1 spiro atoms. The van der Waals surface area contributed by atoms with Crippen LogP contribution in [-0.2, 0) is 13.0 Å². The van der Waals surface area contributed by atoms with Crippen molar-refractivity contribution in [3.63, 3.8) is 0 Å². The Hall–Kier alpha value is -3.86. The number of hydrogen-bond donors (Lipinski definition) is 1. The molecule has 5 heterocycles. The van der Waals surface area contributed by atoms with Gasteiger partial charge in [-0.1, -0.05) is 35.5 Å². The van der Waals surface area contributed by atoms with Crippen molar-refractivity contribution in [1.29, 1.82) is 0 Å². The Bertz CT molecular complexity index is 1790. The van der Waals surface area contributed by atoms with Gasteiger partial charge in [-0.2, -0.15) is 0 Å². The number of rotatable bonds is 5. The van der Waals surface area contributed by atoms with Crippen LogP contribution in [0.15, 0.2) is 88.4 Å². The van der Waals surface area contributed by atoms with E-state index in [2.05, 4.69) is 30.9 Å². The predicted octanol–water partition coefficient (Wildman–Crippen LogP) is 4.67. The van der Waals surface area contributed by atoms with E-state index in [1.54, 1.807) is 29.5 Å². The topological polar surface area (TPSA) is 116 Å². The highest BCUT2D eigenvalue weighted by Crippen LogP contribution is 2.50. The van der Waals surface area contributed by atoms with Gasteiger partial charge in [0.25, 0.3) is 5.56 Å². The number of hydrogen-bond acceptors (Lipinski definition) is 9. The number of piperidine rings is 1. The molecule has 2 aliphatic rings. The fourth-order valence-electron chi connectivity index (χ4n) is 6.03. The first-order valence-electron chi connectivity index (χ1n) is 13.5. The average molecular weight is 583 g/mol. The van der Waals surface area contributed by atoms with E-state index < -0.39 is 0 Å². The lowest BCUT2D eigenvalue weighted by atomic mass is 9.73. The van der Waals surface area contributed by atoms with Crippen LogP contribution in [0.2, 0.25) is 5.02 Å². The van der Waals surface area contributed by atoms with Crippen molar-refractivity contribution in [2.75, 3.05) is 18.0 Å². The molecule has 1 saturated heterocycles. The molecule has 5 aromatic rings. The molecule has 4 aromatic heterocycles. The molecular weight excluding hydrogens is 556 g/mol. The largest absolute Gasteiger partial charge is 0.355 e. The summed E-state index contributed by atoms with van der Waals surface area (Å²) in [6.07, 6.45) is 13.3. The Kier molecular flexibility index (Phi) is 6.69. The molecule has 1 aromatic carbocycles. The van der Waals surface area contributed by atoms with Crippen molar-refractivity contribution in [1.82, 2.24) is 29.5 Å². The van der Waals surface area contributed by atoms with Gasteiger partial charge in [-0.05, 0) is 60.1 Å². The molecule has 0 radical (unpaired) electrons. The summed E-state index contributed by atoms with van der Waals surface area (Å²) in [5, 5.41) is 1.45. The number of halogens is 1. The van der Waals surface area contributed by atoms with E-state index in [0.717, 1.165) is 54.3 Å². The summed E-state index contributed by atoms with van der Waals surface area (Å²) in [6.45, 7) is 2.11. The van der Waals surface area contributed by atoms with Crippen LogP contribution < -0.4 is 16.2 Å². The maximum absolute atomic E-state index is 13.3. The Morgan fingerprint density at radius 3 is 2.61 bits per heavy atom. The number of nitrogens with zero attached hydrogens (tertiary/aromatic N) is 7. The summed E-state index contributed by atoms with van der Waals surface area (Å²) >= 11 is 8.15. The first kappa shape index (κ1) is 26.1. The minimum atomic E-state index is -0.198. The SMILES string of the molecule is N[C@H]1c2cccnc2CC12CCN(c1cnc(Sc3ccc4ncn(Cc5cccnc5)c(=O)c4c3Cl)cn1)CC2. The number of anilines is 1. The highest BCUT2D eigenvalue weighted by atomic mass is 35.5. The van der Waals surface area contributed by atoms with E-state index in [1.807, 2.05) is 42.7 Å². The third-order valence-corrected chi connectivity index (χ3v) is 9.81. The number of pyridine rings is 2. The number of nitrogens with two attached hydrogens (primary N) is 1. The van der Waals surface area contributed by atoms with Gasteiger partial charge in [-0.25, -0.2) is 15.0 Å². The second-order valence-corrected chi connectivity index (χ2v) is 12.1. The molecule has 0 unspecified atom stereocenters. The Morgan fingerprint density at radius 2 is 1.85 bits per heavy atom. The van der Waals surface area contributed by atoms with Gasteiger partial charge in [0.1, 0.15) is 10.8 Å². The smallest absolute Gasteiger partial charge is 0.263 e. The molecule has 9 nitrogen and oxygen atoms in total. The van der Waals surface area contributed by atoms with Crippen LogP contribution in [0.4, 0.5) is 5.82 Å². The van der Waals surface area contributed by atoms with E-state index in [4.69, 9.17) is 22.3 Å². The molecule has 206 valence electrons.